The van der Waals surface area contributed by atoms with Gasteiger partial charge in [-0.15, -0.1) is 10.2 Å². The van der Waals surface area contributed by atoms with Crippen molar-refractivity contribution in [2.45, 2.75) is 20.4 Å². The predicted octanol–water partition coefficient (Wildman–Crippen LogP) is 2.20. The van der Waals surface area contributed by atoms with Crippen LogP contribution in [0.3, 0.4) is 0 Å². The van der Waals surface area contributed by atoms with Crippen LogP contribution in [0.4, 0.5) is 0 Å². The van der Waals surface area contributed by atoms with Crippen molar-refractivity contribution < 1.29 is 14.3 Å². The molecule has 2 aromatic rings. The van der Waals surface area contributed by atoms with Gasteiger partial charge in [0.2, 0.25) is 11.8 Å². The summed E-state index contributed by atoms with van der Waals surface area (Å²) in [5, 5.41) is 16.9. The first kappa shape index (κ1) is 15.2. The molecule has 6 nitrogen and oxygen atoms in total. The van der Waals surface area contributed by atoms with E-state index in [1.807, 2.05) is 43.1 Å². The lowest BCUT2D eigenvalue weighted by Crippen LogP contribution is -2.28. The molecule has 0 aliphatic rings. The summed E-state index contributed by atoms with van der Waals surface area (Å²) in [5.74, 6) is -0.294. The van der Waals surface area contributed by atoms with Gasteiger partial charge in [0.25, 0.3) is 0 Å². The number of carbonyl (C=O) groups is 1. The number of hydrogen-bond donors (Lipinski definition) is 1. The molecule has 0 bridgehead atoms. The first-order valence-electron chi connectivity index (χ1n) is 6.76. The SMILES string of the molecule is Cc1ccc(-c2nnc(CN(C)CC(C)C(=O)O)o2)cc1. The fraction of sp³-hybridized carbons (Fsp3) is 0.400. The van der Waals surface area contributed by atoms with Gasteiger partial charge < -0.3 is 9.52 Å². The number of aliphatic carboxylic acids is 1. The minimum atomic E-state index is -0.812. The van der Waals surface area contributed by atoms with E-state index in [2.05, 4.69) is 10.2 Å². The van der Waals surface area contributed by atoms with Crippen LogP contribution in [0, 0.1) is 12.8 Å². The Hall–Kier alpha value is -2.21. The van der Waals surface area contributed by atoms with Crippen molar-refractivity contribution in [1.82, 2.24) is 15.1 Å². The maximum absolute atomic E-state index is 10.8. The van der Waals surface area contributed by atoms with Gasteiger partial charge in [0.15, 0.2) is 0 Å². The van der Waals surface area contributed by atoms with Crippen LogP contribution in [0.1, 0.15) is 18.4 Å². The van der Waals surface area contributed by atoms with E-state index in [0.29, 0.717) is 24.9 Å². The molecular formula is C15H19N3O3. The van der Waals surface area contributed by atoms with Gasteiger partial charge in [-0.25, -0.2) is 0 Å². The Morgan fingerprint density at radius 1 is 1.33 bits per heavy atom. The van der Waals surface area contributed by atoms with E-state index in [0.717, 1.165) is 5.56 Å². The molecule has 0 fully saturated rings. The fourth-order valence-corrected chi connectivity index (χ4v) is 1.97. The van der Waals surface area contributed by atoms with Crippen molar-refractivity contribution in [1.29, 1.82) is 0 Å². The Kier molecular flexibility index (Phi) is 4.70. The van der Waals surface area contributed by atoms with E-state index in [4.69, 9.17) is 9.52 Å². The van der Waals surface area contributed by atoms with Crippen molar-refractivity contribution in [2.75, 3.05) is 13.6 Å². The highest BCUT2D eigenvalue weighted by atomic mass is 16.4. The lowest BCUT2D eigenvalue weighted by atomic mass is 10.1. The number of benzene rings is 1. The number of aromatic nitrogens is 2. The average molecular weight is 289 g/mol. The third-order valence-electron chi connectivity index (χ3n) is 3.18. The summed E-state index contributed by atoms with van der Waals surface area (Å²) in [6.45, 7) is 4.54. The Balaban J connectivity index is 2.00. The molecule has 0 saturated heterocycles. The molecule has 1 aromatic carbocycles. The number of carboxylic acids is 1. The highest BCUT2D eigenvalue weighted by Crippen LogP contribution is 2.18. The van der Waals surface area contributed by atoms with Crippen molar-refractivity contribution in [3.8, 4) is 11.5 Å². The van der Waals surface area contributed by atoms with Crippen molar-refractivity contribution >= 4 is 5.97 Å². The molecule has 1 aromatic heterocycles. The van der Waals surface area contributed by atoms with Crippen molar-refractivity contribution in [3.63, 3.8) is 0 Å². The number of rotatable bonds is 6. The van der Waals surface area contributed by atoms with Crippen LogP contribution in [-0.2, 0) is 11.3 Å². The Labute approximate surface area is 123 Å². The van der Waals surface area contributed by atoms with Crippen LogP contribution in [0.5, 0.6) is 0 Å². The van der Waals surface area contributed by atoms with Gasteiger partial charge in [-0.1, -0.05) is 24.6 Å². The summed E-state index contributed by atoms with van der Waals surface area (Å²) in [4.78, 5) is 12.7. The molecule has 0 spiro atoms. The molecule has 1 unspecified atom stereocenters. The number of hydrogen-bond acceptors (Lipinski definition) is 5. The van der Waals surface area contributed by atoms with Gasteiger partial charge in [0, 0.05) is 12.1 Å². The standard InChI is InChI=1S/C15H19N3O3/c1-10-4-6-12(7-5-10)14-17-16-13(21-14)9-18(3)8-11(2)15(19)20/h4-7,11H,8-9H2,1-3H3,(H,19,20). The van der Waals surface area contributed by atoms with Crippen molar-refractivity contribution in [2.24, 2.45) is 5.92 Å². The van der Waals surface area contributed by atoms with Crippen LogP contribution in [0.25, 0.3) is 11.5 Å². The zero-order valence-corrected chi connectivity index (χ0v) is 12.4. The van der Waals surface area contributed by atoms with Gasteiger partial charge in [0.05, 0.1) is 12.5 Å². The predicted molar refractivity (Wildman–Crippen MR) is 77.6 cm³/mol. The van der Waals surface area contributed by atoms with Crippen LogP contribution in [-0.4, -0.2) is 39.8 Å². The number of nitrogens with zero attached hydrogens (tertiary/aromatic N) is 3. The Morgan fingerprint density at radius 3 is 2.62 bits per heavy atom. The quantitative estimate of drug-likeness (QED) is 0.878. The molecule has 6 heteroatoms. The minimum Gasteiger partial charge on any atom is -0.481 e. The smallest absolute Gasteiger partial charge is 0.307 e. The monoisotopic (exact) mass is 289 g/mol. The summed E-state index contributed by atoms with van der Waals surface area (Å²) >= 11 is 0. The molecule has 112 valence electrons. The van der Waals surface area contributed by atoms with E-state index in [1.165, 1.54) is 5.56 Å². The molecule has 1 atom stereocenters. The van der Waals surface area contributed by atoms with Crippen LogP contribution in [0.2, 0.25) is 0 Å². The van der Waals surface area contributed by atoms with Gasteiger partial charge in [0.1, 0.15) is 0 Å². The van der Waals surface area contributed by atoms with E-state index < -0.39 is 11.9 Å². The summed E-state index contributed by atoms with van der Waals surface area (Å²) in [6.07, 6.45) is 0. The molecule has 0 aliphatic heterocycles. The lowest BCUT2D eigenvalue weighted by Gasteiger charge is -2.16. The van der Waals surface area contributed by atoms with Crippen LogP contribution < -0.4 is 0 Å². The van der Waals surface area contributed by atoms with Crippen LogP contribution in [0.15, 0.2) is 28.7 Å². The van der Waals surface area contributed by atoms with Gasteiger partial charge in [-0.3, -0.25) is 9.69 Å². The minimum absolute atomic E-state index is 0.427. The fourth-order valence-electron chi connectivity index (χ4n) is 1.97. The van der Waals surface area contributed by atoms with Gasteiger partial charge in [-0.05, 0) is 26.1 Å². The average Bonchev–Trinajstić information content (AvgIpc) is 2.87. The molecule has 0 aliphatic carbocycles. The van der Waals surface area contributed by atoms with Gasteiger partial charge in [-0.2, -0.15) is 0 Å². The van der Waals surface area contributed by atoms with Gasteiger partial charge >= 0.3 is 5.97 Å². The molecule has 0 amide bonds. The summed E-state index contributed by atoms with van der Waals surface area (Å²) in [7, 11) is 1.83. The Bertz CT molecular complexity index is 607. The molecule has 1 heterocycles. The topological polar surface area (TPSA) is 79.5 Å². The second kappa shape index (κ2) is 6.49. The van der Waals surface area contributed by atoms with Crippen LogP contribution >= 0.6 is 0 Å². The molecule has 21 heavy (non-hydrogen) atoms. The lowest BCUT2D eigenvalue weighted by molar-refractivity contribution is -0.141. The summed E-state index contributed by atoms with van der Waals surface area (Å²) in [6, 6.07) is 7.84. The first-order chi connectivity index (χ1) is 9.95. The van der Waals surface area contributed by atoms with E-state index in [1.54, 1.807) is 6.92 Å². The highest BCUT2D eigenvalue weighted by molar-refractivity contribution is 5.69. The molecule has 2 rings (SSSR count). The normalized spacial score (nSPS) is 12.6. The largest absolute Gasteiger partial charge is 0.481 e. The third-order valence-corrected chi connectivity index (χ3v) is 3.18. The maximum Gasteiger partial charge on any atom is 0.307 e. The zero-order chi connectivity index (χ0) is 15.4. The van der Waals surface area contributed by atoms with E-state index in [-0.39, 0.29) is 0 Å². The van der Waals surface area contributed by atoms with E-state index in [9.17, 15) is 4.79 Å². The number of aryl methyl sites for hydroxylation is 1. The second-order valence-electron chi connectivity index (χ2n) is 5.30. The first-order valence-corrected chi connectivity index (χ1v) is 6.76. The summed E-state index contributed by atoms with van der Waals surface area (Å²) in [5.41, 5.74) is 2.04. The third kappa shape index (κ3) is 4.13. The van der Waals surface area contributed by atoms with Crippen molar-refractivity contribution in [3.05, 3.63) is 35.7 Å². The molecule has 0 saturated carbocycles. The maximum atomic E-state index is 10.8. The number of carboxylic acid groups (broad SMARTS) is 1. The summed E-state index contributed by atoms with van der Waals surface area (Å²) < 4.78 is 5.61. The van der Waals surface area contributed by atoms with E-state index >= 15 is 0 Å². The molecule has 0 radical (unpaired) electrons. The molecule has 1 N–H and O–H groups in total. The Morgan fingerprint density at radius 2 is 2.00 bits per heavy atom. The highest BCUT2D eigenvalue weighted by Gasteiger charge is 2.16. The second-order valence-corrected chi connectivity index (χ2v) is 5.30. The molecular weight excluding hydrogens is 270 g/mol. The zero-order valence-electron chi connectivity index (χ0n) is 12.4.